The van der Waals surface area contributed by atoms with Crippen LogP contribution in [-0.2, 0) is 0 Å². The maximum Gasteiger partial charge on any atom is 0.138 e. The van der Waals surface area contributed by atoms with E-state index >= 15 is 0 Å². The number of rotatable bonds is 0. The quantitative estimate of drug-likeness (QED) is 0.303. The van der Waals surface area contributed by atoms with Crippen LogP contribution in [-0.4, -0.2) is 4.29 Å². The van der Waals surface area contributed by atoms with Crippen molar-refractivity contribution in [3.8, 4) is 0 Å². The van der Waals surface area contributed by atoms with Gasteiger partial charge in [0.05, 0.1) is 0 Å². The van der Waals surface area contributed by atoms with Gasteiger partial charge in [-0.1, -0.05) is 95.6 Å². The molecular weight excluding hydrogens is 576 g/mol. The SMILES string of the molecule is BrC(Br)(Br)C1[CH]CC(C(Br)(Br)Br)[CH]C1. The van der Waals surface area contributed by atoms with Crippen LogP contribution in [0.1, 0.15) is 12.8 Å². The summed E-state index contributed by atoms with van der Waals surface area (Å²) in [7, 11) is 0. The predicted octanol–water partition coefficient (Wildman–Crippen LogP) is 6.10. The molecule has 0 N–H and O–H groups in total. The Kier molecular flexibility index (Phi) is 6.06. The molecule has 0 amide bonds. The van der Waals surface area contributed by atoms with E-state index in [0.717, 1.165) is 12.8 Å². The van der Waals surface area contributed by atoms with Crippen LogP contribution in [0.25, 0.3) is 0 Å². The molecular formula is C8H8Br6. The number of hydrogen-bond acceptors (Lipinski definition) is 0. The molecule has 0 aliphatic heterocycles. The van der Waals surface area contributed by atoms with Gasteiger partial charge in [-0.3, -0.25) is 0 Å². The van der Waals surface area contributed by atoms with Crippen molar-refractivity contribution < 1.29 is 0 Å². The number of halogens is 6. The second kappa shape index (κ2) is 5.68. The molecule has 6 heteroatoms. The van der Waals surface area contributed by atoms with Crippen LogP contribution >= 0.6 is 95.6 Å². The Labute approximate surface area is 135 Å². The molecule has 1 fully saturated rings. The smallest absolute Gasteiger partial charge is 0.0596 e. The first-order valence-corrected chi connectivity index (χ1v) is 8.77. The minimum Gasteiger partial charge on any atom is -0.0596 e. The molecule has 82 valence electrons. The topological polar surface area (TPSA) is 0 Å². The first-order valence-electron chi connectivity index (χ1n) is 4.01. The Morgan fingerprint density at radius 1 is 0.714 bits per heavy atom. The van der Waals surface area contributed by atoms with Gasteiger partial charge < -0.3 is 0 Å². The van der Waals surface area contributed by atoms with E-state index in [2.05, 4.69) is 108 Å². The average molecular weight is 584 g/mol. The Morgan fingerprint density at radius 2 is 1.00 bits per heavy atom. The standard InChI is InChI=1S/C8H8Br6/c9-7(10,11)5-1-2-6(4-3-5)8(12,13)14/h1,4-6H,2-3H2. The van der Waals surface area contributed by atoms with Crippen molar-refractivity contribution in [3.05, 3.63) is 12.8 Å². The van der Waals surface area contributed by atoms with Crippen LogP contribution in [0, 0.1) is 24.7 Å². The van der Waals surface area contributed by atoms with Crippen LogP contribution in [0.2, 0.25) is 0 Å². The van der Waals surface area contributed by atoms with Crippen molar-refractivity contribution in [2.24, 2.45) is 11.8 Å². The lowest BCUT2D eigenvalue weighted by Gasteiger charge is -2.36. The zero-order valence-corrected chi connectivity index (χ0v) is 16.5. The Balaban J connectivity index is 2.47. The van der Waals surface area contributed by atoms with Crippen LogP contribution in [0.5, 0.6) is 0 Å². The molecule has 0 saturated heterocycles. The van der Waals surface area contributed by atoms with Gasteiger partial charge in [0.2, 0.25) is 0 Å². The fourth-order valence-electron chi connectivity index (χ4n) is 1.35. The molecule has 2 radical (unpaired) electrons. The molecule has 1 aliphatic carbocycles. The monoisotopic (exact) mass is 578 g/mol. The summed E-state index contributed by atoms with van der Waals surface area (Å²) in [4.78, 5) is 0. The van der Waals surface area contributed by atoms with Gasteiger partial charge in [0.15, 0.2) is 0 Å². The molecule has 0 aromatic heterocycles. The summed E-state index contributed by atoms with van der Waals surface area (Å²) in [6.45, 7) is 0. The van der Waals surface area contributed by atoms with E-state index in [-0.39, 0.29) is 4.29 Å². The summed E-state index contributed by atoms with van der Waals surface area (Å²) in [5, 5.41) is 0. The first-order chi connectivity index (χ1) is 6.21. The predicted molar refractivity (Wildman–Crippen MR) is 83.8 cm³/mol. The minimum absolute atomic E-state index is 0.165. The van der Waals surface area contributed by atoms with Gasteiger partial charge in [-0.05, 0) is 37.5 Å². The molecule has 0 nitrogen and oxygen atoms in total. The van der Waals surface area contributed by atoms with Gasteiger partial charge in [0, 0.05) is 0 Å². The van der Waals surface area contributed by atoms with Crippen LogP contribution in [0.4, 0.5) is 0 Å². The first kappa shape index (κ1) is 14.9. The Morgan fingerprint density at radius 3 is 1.14 bits per heavy atom. The molecule has 2 unspecified atom stereocenters. The zero-order valence-electron chi connectivity index (χ0n) is 6.99. The zero-order chi connectivity index (χ0) is 11.0. The van der Waals surface area contributed by atoms with Crippen LogP contribution < -0.4 is 0 Å². The highest BCUT2D eigenvalue weighted by Gasteiger charge is 2.39. The van der Waals surface area contributed by atoms with Gasteiger partial charge in [-0.2, -0.15) is 0 Å². The van der Waals surface area contributed by atoms with E-state index in [4.69, 9.17) is 0 Å². The summed E-state index contributed by atoms with van der Waals surface area (Å²) in [5.41, 5.74) is 0. The molecule has 0 heterocycles. The van der Waals surface area contributed by atoms with E-state index in [9.17, 15) is 0 Å². The molecule has 0 bridgehead atoms. The molecule has 14 heavy (non-hydrogen) atoms. The summed E-state index contributed by atoms with van der Waals surface area (Å²) in [5.74, 6) is 0.933. The van der Waals surface area contributed by atoms with Crippen molar-refractivity contribution in [2.45, 2.75) is 17.1 Å². The molecule has 1 saturated carbocycles. The summed E-state index contributed by atoms with van der Waals surface area (Å²) in [6.07, 6.45) is 6.72. The third-order valence-electron chi connectivity index (χ3n) is 2.19. The lowest BCUT2D eigenvalue weighted by atomic mass is 9.84. The van der Waals surface area contributed by atoms with Crippen molar-refractivity contribution in [1.29, 1.82) is 0 Å². The minimum atomic E-state index is -0.165. The summed E-state index contributed by atoms with van der Waals surface area (Å²) >= 11 is 21.3. The van der Waals surface area contributed by atoms with Gasteiger partial charge in [0.25, 0.3) is 0 Å². The fraction of sp³-hybridized carbons (Fsp3) is 0.750. The number of alkyl halides is 6. The third kappa shape index (κ3) is 4.63. The van der Waals surface area contributed by atoms with E-state index in [0.29, 0.717) is 11.8 Å². The lowest BCUT2D eigenvalue weighted by molar-refractivity contribution is 0.459. The van der Waals surface area contributed by atoms with Gasteiger partial charge >= 0.3 is 0 Å². The molecule has 0 aromatic carbocycles. The summed E-state index contributed by atoms with van der Waals surface area (Å²) < 4.78 is -0.329. The van der Waals surface area contributed by atoms with E-state index < -0.39 is 0 Å². The van der Waals surface area contributed by atoms with E-state index in [1.54, 1.807) is 0 Å². The lowest BCUT2D eigenvalue weighted by Crippen LogP contribution is -2.30. The molecule has 1 rings (SSSR count). The van der Waals surface area contributed by atoms with Gasteiger partial charge in [-0.15, -0.1) is 0 Å². The second-order valence-corrected chi connectivity index (χ2v) is 17.1. The maximum absolute atomic E-state index is 3.56. The highest BCUT2D eigenvalue weighted by molar-refractivity contribution is 9.39. The highest BCUT2D eigenvalue weighted by Crippen LogP contribution is 2.52. The Bertz CT molecular complexity index is 161. The maximum atomic E-state index is 3.56. The molecule has 0 spiro atoms. The van der Waals surface area contributed by atoms with Crippen molar-refractivity contribution >= 4 is 95.6 Å². The average Bonchev–Trinajstić information content (AvgIpc) is 2.01. The number of hydrogen-bond donors (Lipinski definition) is 0. The molecule has 1 aliphatic rings. The van der Waals surface area contributed by atoms with Gasteiger partial charge in [0.1, 0.15) is 4.29 Å². The van der Waals surface area contributed by atoms with E-state index in [1.807, 2.05) is 0 Å². The van der Waals surface area contributed by atoms with Crippen molar-refractivity contribution in [3.63, 3.8) is 0 Å². The molecule has 2 atom stereocenters. The van der Waals surface area contributed by atoms with Crippen molar-refractivity contribution in [2.75, 3.05) is 0 Å². The summed E-state index contributed by atoms with van der Waals surface area (Å²) in [6, 6.07) is 0. The van der Waals surface area contributed by atoms with Crippen molar-refractivity contribution in [1.82, 2.24) is 0 Å². The Hall–Kier alpha value is 2.88. The normalized spacial score (nSPS) is 30.4. The van der Waals surface area contributed by atoms with Crippen LogP contribution in [0.3, 0.4) is 0 Å². The highest BCUT2D eigenvalue weighted by atomic mass is 80.0. The largest absolute Gasteiger partial charge is 0.138 e. The van der Waals surface area contributed by atoms with Gasteiger partial charge in [-0.25, -0.2) is 0 Å². The van der Waals surface area contributed by atoms with E-state index in [1.165, 1.54) is 0 Å². The van der Waals surface area contributed by atoms with Crippen LogP contribution in [0.15, 0.2) is 0 Å². The fourth-order valence-corrected chi connectivity index (χ4v) is 3.59. The second-order valence-electron chi connectivity index (χ2n) is 3.24. The molecule has 0 aromatic rings. The third-order valence-corrected chi connectivity index (χ3v) is 5.72.